The van der Waals surface area contributed by atoms with Crippen molar-refractivity contribution in [1.82, 2.24) is 20.4 Å². The summed E-state index contributed by atoms with van der Waals surface area (Å²) in [5, 5.41) is 17.5. The highest BCUT2D eigenvalue weighted by Gasteiger charge is 2.32. The molecule has 1 aliphatic rings. The number of fused-ring (bicyclic) bond motifs is 2. The van der Waals surface area contributed by atoms with Gasteiger partial charge in [-0.3, -0.25) is 0 Å². The van der Waals surface area contributed by atoms with Gasteiger partial charge in [0.25, 0.3) is 0 Å². The van der Waals surface area contributed by atoms with Gasteiger partial charge in [-0.05, 0) is 24.1 Å². The van der Waals surface area contributed by atoms with E-state index in [0.29, 0.717) is 22.7 Å². The maximum Gasteiger partial charge on any atom is 0.180 e. The Morgan fingerprint density at radius 2 is 1.43 bits per heavy atom. The molecule has 0 fully saturated rings. The SMILES string of the molecule is CCCN1c2cc(Cl)nnc2N(Cc2ccc(OC)cc2)c2cc(Cl)nnc21. The summed E-state index contributed by atoms with van der Waals surface area (Å²) >= 11 is 12.3. The highest BCUT2D eigenvalue weighted by atomic mass is 35.5. The maximum absolute atomic E-state index is 6.17. The normalized spacial score (nSPS) is 12.6. The summed E-state index contributed by atoms with van der Waals surface area (Å²) in [6.45, 7) is 3.40. The van der Waals surface area contributed by atoms with Gasteiger partial charge in [-0.1, -0.05) is 42.3 Å². The monoisotopic (exact) mass is 416 g/mol. The molecule has 1 aromatic carbocycles. The van der Waals surface area contributed by atoms with Crippen LogP contribution in [0.2, 0.25) is 10.3 Å². The minimum Gasteiger partial charge on any atom is -0.497 e. The molecule has 0 radical (unpaired) electrons. The Kier molecular flexibility index (Phi) is 5.19. The molecule has 0 unspecified atom stereocenters. The highest BCUT2D eigenvalue weighted by molar-refractivity contribution is 6.30. The topological polar surface area (TPSA) is 67.3 Å². The van der Waals surface area contributed by atoms with Crippen LogP contribution in [0.4, 0.5) is 23.0 Å². The number of methoxy groups -OCH3 is 1. The number of anilines is 4. The summed E-state index contributed by atoms with van der Waals surface area (Å²) in [5.74, 6) is 2.22. The second-order valence-corrected chi connectivity index (χ2v) is 7.11. The molecule has 28 heavy (non-hydrogen) atoms. The molecule has 0 spiro atoms. The van der Waals surface area contributed by atoms with E-state index < -0.39 is 0 Å². The molecule has 7 nitrogen and oxygen atoms in total. The fourth-order valence-electron chi connectivity index (χ4n) is 3.24. The van der Waals surface area contributed by atoms with E-state index in [1.807, 2.05) is 29.2 Å². The van der Waals surface area contributed by atoms with Crippen LogP contribution in [0.15, 0.2) is 36.4 Å². The molecule has 0 saturated carbocycles. The third-order valence-electron chi connectivity index (χ3n) is 4.49. The Labute approximate surface area is 172 Å². The third-order valence-corrected chi connectivity index (χ3v) is 4.86. The van der Waals surface area contributed by atoms with E-state index in [1.165, 1.54) is 0 Å². The lowest BCUT2D eigenvalue weighted by molar-refractivity contribution is 0.414. The van der Waals surface area contributed by atoms with Crippen molar-refractivity contribution >= 4 is 46.2 Å². The maximum atomic E-state index is 6.17. The largest absolute Gasteiger partial charge is 0.497 e. The fourth-order valence-corrected chi connectivity index (χ4v) is 3.52. The molecule has 2 aromatic heterocycles. The van der Waals surface area contributed by atoms with Crippen LogP contribution >= 0.6 is 23.2 Å². The van der Waals surface area contributed by atoms with E-state index >= 15 is 0 Å². The van der Waals surface area contributed by atoms with Gasteiger partial charge in [-0.25, -0.2) is 0 Å². The molecule has 9 heteroatoms. The number of ether oxygens (including phenoxy) is 1. The third kappa shape index (κ3) is 3.43. The van der Waals surface area contributed by atoms with Gasteiger partial charge in [-0.15, -0.1) is 20.4 Å². The molecule has 3 heterocycles. The first-order valence-corrected chi connectivity index (χ1v) is 9.60. The van der Waals surface area contributed by atoms with Crippen LogP contribution in [-0.2, 0) is 6.54 Å². The number of aromatic nitrogens is 4. The lowest BCUT2D eigenvalue weighted by Gasteiger charge is -2.37. The van der Waals surface area contributed by atoms with Gasteiger partial charge in [0.05, 0.1) is 18.5 Å². The van der Waals surface area contributed by atoms with Crippen molar-refractivity contribution in [3.05, 3.63) is 52.3 Å². The zero-order valence-electron chi connectivity index (χ0n) is 15.4. The van der Waals surface area contributed by atoms with Crippen molar-refractivity contribution in [2.75, 3.05) is 23.5 Å². The summed E-state index contributed by atoms with van der Waals surface area (Å²) in [5.41, 5.74) is 2.75. The zero-order valence-corrected chi connectivity index (χ0v) is 16.9. The molecule has 0 amide bonds. The molecule has 1 aliphatic heterocycles. The second kappa shape index (κ2) is 7.77. The number of halogens is 2. The van der Waals surface area contributed by atoms with Gasteiger partial charge in [0.15, 0.2) is 21.9 Å². The van der Waals surface area contributed by atoms with Gasteiger partial charge < -0.3 is 14.5 Å². The van der Waals surface area contributed by atoms with Crippen LogP contribution in [0, 0.1) is 0 Å². The standard InChI is InChI=1S/C19H18Cl2N6O/c1-3-8-26-14-9-16(20)23-25-19(14)27(15-10-17(21)22-24-18(15)26)11-12-4-6-13(28-2)7-5-12/h4-7,9-10H,3,8,11H2,1-2H3. The average molecular weight is 417 g/mol. The highest BCUT2D eigenvalue weighted by Crippen LogP contribution is 2.47. The summed E-state index contributed by atoms with van der Waals surface area (Å²) in [4.78, 5) is 4.08. The minimum absolute atomic E-state index is 0.320. The van der Waals surface area contributed by atoms with Crippen molar-refractivity contribution in [2.45, 2.75) is 19.9 Å². The molecule has 0 bridgehead atoms. The van der Waals surface area contributed by atoms with Gasteiger partial charge in [0.1, 0.15) is 5.75 Å². The van der Waals surface area contributed by atoms with Gasteiger partial charge in [0.2, 0.25) is 0 Å². The van der Waals surface area contributed by atoms with Crippen LogP contribution in [-0.4, -0.2) is 34.0 Å². The Hall–Kier alpha value is -2.64. The summed E-state index contributed by atoms with van der Waals surface area (Å²) in [7, 11) is 1.65. The van der Waals surface area contributed by atoms with E-state index in [-0.39, 0.29) is 0 Å². The first-order chi connectivity index (χ1) is 13.6. The Bertz CT molecular complexity index is 998. The zero-order chi connectivity index (χ0) is 19.7. The molecule has 0 atom stereocenters. The average Bonchev–Trinajstić information content (AvgIpc) is 2.71. The fraction of sp³-hybridized carbons (Fsp3) is 0.263. The van der Waals surface area contributed by atoms with Crippen molar-refractivity contribution in [2.24, 2.45) is 0 Å². The predicted molar refractivity (Wildman–Crippen MR) is 110 cm³/mol. The van der Waals surface area contributed by atoms with Gasteiger partial charge >= 0.3 is 0 Å². The summed E-state index contributed by atoms with van der Waals surface area (Å²) in [6, 6.07) is 11.5. The van der Waals surface area contributed by atoms with E-state index in [1.54, 1.807) is 19.2 Å². The smallest absolute Gasteiger partial charge is 0.180 e. The predicted octanol–water partition coefficient (Wildman–Crippen LogP) is 4.78. The molecule has 3 aromatic rings. The molecular weight excluding hydrogens is 399 g/mol. The van der Waals surface area contributed by atoms with Crippen LogP contribution in [0.5, 0.6) is 5.75 Å². The number of rotatable bonds is 5. The molecule has 0 aliphatic carbocycles. The lowest BCUT2D eigenvalue weighted by atomic mass is 10.1. The van der Waals surface area contributed by atoms with Gasteiger partial charge in [0, 0.05) is 25.2 Å². The van der Waals surface area contributed by atoms with Crippen molar-refractivity contribution in [3.8, 4) is 5.75 Å². The Morgan fingerprint density at radius 3 is 2.00 bits per heavy atom. The summed E-state index contributed by atoms with van der Waals surface area (Å²) in [6.07, 6.45) is 0.918. The lowest BCUT2D eigenvalue weighted by Crippen LogP contribution is -2.32. The number of hydrogen-bond donors (Lipinski definition) is 0. The number of nitrogens with zero attached hydrogens (tertiary/aromatic N) is 6. The second-order valence-electron chi connectivity index (χ2n) is 6.34. The van der Waals surface area contributed by atoms with E-state index in [4.69, 9.17) is 27.9 Å². The Balaban J connectivity index is 1.83. The van der Waals surface area contributed by atoms with E-state index in [2.05, 4.69) is 32.2 Å². The molecule has 4 rings (SSSR count). The first kappa shape index (κ1) is 18.7. The van der Waals surface area contributed by atoms with E-state index in [9.17, 15) is 0 Å². The van der Waals surface area contributed by atoms with Crippen molar-refractivity contribution in [1.29, 1.82) is 0 Å². The summed E-state index contributed by atoms with van der Waals surface area (Å²) < 4.78 is 5.25. The van der Waals surface area contributed by atoms with Crippen LogP contribution in [0.25, 0.3) is 0 Å². The van der Waals surface area contributed by atoms with Crippen LogP contribution < -0.4 is 14.5 Å². The molecule has 0 N–H and O–H groups in total. The van der Waals surface area contributed by atoms with Crippen molar-refractivity contribution < 1.29 is 4.74 Å². The Morgan fingerprint density at radius 1 is 0.857 bits per heavy atom. The molecule has 144 valence electrons. The van der Waals surface area contributed by atoms with Crippen molar-refractivity contribution in [3.63, 3.8) is 0 Å². The van der Waals surface area contributed by atoms with Crippen LogP contribution in [0.3, 0.4) is 0 Å². The first-order valence-electron chi connectivity index (χ1n) is 8.85. The van der Waals surface area contributed by atoms with E-state index in [0.717, 1.165) is 41.5 Å². The number of benzene rings is 1. The van der Waals surface area contributed by atoms with Gasteiger partial charge in [-0.2, -0.15) is 0 Å². The molecule has 0 saturated heterocycles. The number of hydrogen-bond acceptors (Lipinski definition) is 7. The quantitative estimate of drug-likeness (QED) is 0.592. The minimum atomic E-state index is 0.320. The molecular formula is C19H18Cl2N6O. The van der Waals surface area contributed by atoms with Crippen LogP contribution in [0.1, 0.15) is 18.9 Å².